The first-order chi connectivity index (χ1) is 9.33. The fourth-order valence-corrected chi connectivity index (χ4v) is 3.02. The summed E-state index contributed by atoms with van der Waals surface area (Å²) in [6.07, 6.45) is 8.65. The summed E-state index contributed by atoms with van der Waals surface area (Å²) in [7, 11) is 0. The Morgan fingerprint density at radius 2 is 2.00 bits per heavy atom. The minimum absolute atomic E-state index is 0. The second-order valence-corrected chi connectivity index (χ2v) is 5.60. The Labute approximate surface area is 145 Å². The minimum atomic E-state index is 0. The van der Waals surface area contributed by atoms with E-state index >= 15 is 0 Å². The van der Waals surface area contributed by atoms with Gasteiger partial charge in [0.2, 0.25) is 0 Å². The molecule has 1 atom stereocenters. The first-order valence-corrected chi connectivity index (χ1v) is 7.75. The molecule has 122 valence electrons. The maximum Gasteiger partial charge on any atom is 0.0637 e. The molecule has 0 unspecified atom stereocenters. The van der Waals surface area contributed by atoms with Gasteiger partial charge in [-0.2, -0.15) is 0 Å². The van der Waals surface area contributed by atoms with Crippen LogP contribution in [0.3, 0.4) is 0 Å². The number of piperazine rings is 1. The fourth-order valence-electron chi connectivity index (χ4n) is 2.77. The zero-order valence-electron chi connectivity index (χ0n) is 12.6. The largest absolute Gasteiger partial charge is 0.314 e. The number of nitrogens with zero attached hydrogens (tertiary/aromatic N) is 2. The molecular formula is C15H26Cl3N3. The molecule has 1 saturated heterocycles. The summed E-state index contributed by atoms with van der Waals surface area (Å²) in [5.41, 5.74) is 1.25. The molecule has 1 aliphatic heterocycles. The van der Waals surface area contributed by atoms with Crippen molar-refractivity contribution in [1.82, 2.24) is 15.2 Å². The van der Waals surface area contributed by atoms with Crippen LogP contribution in [0, 0.1) is 0 Å². The summed E-state index contributed by atoms with van der Waals surface area (Å²) < 4.78 is 0. The molecule has 0 aliphatic carbocycles. The predicted molar refractivity (Wildman–Crippen MR) is 95.1 cm³/mol. The van der Waals surface area contributed by atoms with Crippen LogP contribution in [-0.2, 0) is 0 Å². The van der Waals surface area contributed by atoms with Crippen LogP contribution in [0.2, 0.25) is 5.02 Å². The van der Waals surface area contributed by atoms with E-state index in [4.69, 9.17) is 11.6 Å². The molecule has 21 heavy (non-hydrogen) atoms. The highest BCUT2D eigenvalue weighted by Crippen LogP contribution is 2.31. The number of unbranched alkanes of at least 4 members (excludes halogenated alkanes) is 2. The number of halogens is 3. The Hall–Kier alpha value is -0.0600. The van der Waals surface area contributed by atoms with Crippen molar-refractivity contribution in [3.8, 4) is 0 Å². The van der Waals surface area contributed by atoms with E-state index in [0.717, 1.165) is 31.2 Å². The summed E-state index contributed by atoms with van der Waals surface area (Å²) in [6.45, 7) is 6.62. The minimum Gasteiger partial charge on any atom is -0.314 e. The summed E-state index contributed by atoms with van der Waals surface area (Å²) in [5, 5.41) is 4.22. The monoisotopic (exact) mass is 353 g/mol. The van der Waals surface area contributed by atoms with E-state index in [1.54, 1.807) is 6.20 Å². The highest BCUT2D eigenvalue weighted by Gasteiger charge is 2.23. The molecule has 1 fully saturated rings. The van der Waals surface area contributed by atoms with Crippen LogP contribution in [-0.4, -0.2) is 36.1 Å². The molecule has 1 aromatic heterocycles. The van der Waals surface area contributed by atoms with Gasteiger partial charge in [0.05, 0.1) is 5.02 Å². The highest BCUT2D eigenvalue weighted by molar-refractivity contribution is 6.31. The molecular weight excluding hydrogens is 329 g/mol. The van der Waals surface area contributed by atoms with Gasteiger partial charge in [-0.15, -0.1) is 24.8 Å². The lowest BCUT2D eigenvalue weighted by atomic mass is 9.99. The van der Waals surface area contributed by atoms with Gasteiger partial charge in [0.25, 0.3) is 0 Å². The van der Waals surface area contributed by atoms with E-state index in [-0.39, 0.29) is 24.8 Å². The molecule has 0 spiro atoms. The third kappa shape index (κ3) is 6.29. The summed E-state index contributed by atoms with van der Waals surface area (Å²) in [6, 6.07) is 2.53. The lowest BCUT2D eigenvalue weighted by molar-refractivity contribution is 0.162. The zero-order valence-corrected chi connectivity index (χ0v) is 14.9. The summed E-state index contributed by atoms with van der Waals surface area (Å²) in [5.74, 6) is 0. The molecule has 0 saturated carbocycles. The molecule has 2 heterocycles. The van der Waals surface area contributed by atoms with Crippen molar-refractivity contribution in [2.45, 2.75) is 38.6 Å². The molecule has 1 aromatic rings. The number of rotatable bonds is 6. The van der Waals surface area contributed by atoms with Crippen molar-refractivity contribution in [1.29, 1.82) is 0 Å². The van der Waals surface area contributed by atoms with Crippen molar-refractivity contribution in [3.05, 3.63) is 29.0 Å². The molecule has 1 aliphatic rings. The average Bonchev–Trinajstić information content (AvgIpc) is 2.46. The van der Waals surface area contributed by atoms with Gasteiger partial charge >= 0.3 is 0 Å². The van der Waals surface area contributed by atoms with Crippen molar-refractivity contribution < 1.29 is 0 Å². The second kappa shape index (κ2) is 11.5. The van der Waals surface area contributed by atoms with Crippen LogP contribution in [0.15, 0.2) is 18.5 Å². The van der Waals surface area contributed by atoms with Gasteiger partial charge in [-0.25, -0.2) is 0 Å². The number of hydrogen-bond acceptors (Lipinski definition) is 3. The van der Waals surface area contributed by atoms with Crippen LogP contribution >= 0.6 is 36.4 Å². The first-order valence-electron chi connectivity index (χ1n) is 7.37. The van der Waals surface area contributed by atoms with E-state index in [9.17, 15) is 0 Å². The lowest BCUT2D eigenvalue weighted by Crippen LogP contribution is -2.45. The smallest absolute Gasteiger partial charge is 0.0637 e. The van der Waals surface area contributed by atoms with Crippen LogP contribution in [0.4, 0.5) is 0 Å². The van der Waals surface area contributed by atoms with Crippen molar-refractivity contribution >= 4 is 36.4 Å². The van der Waals surface area contributed by atoms with Crippen molar-refractivity contribution in [3.63, 3.8) is 0 Å². The average molecular weight is 355 g/mol. The summed E-state index contributed by atoms with van der Waals surface area (Å²) >= 11 is 6.35. The zero-order chi connectivity index (χ0) is 13.5. The Balaban J connectivity index is 0.00000200. The standard InChI is InChI=1S/C15H24ClN3.2ClH/c1-2-3-4-5-15(19-10-8-17-9-11-19)13-6-7-18-12-14(13)16;;/h6-7,12,15,17H,2-5,8-11H2,1H3;2*1H/t15-;;/m0../s1. The van der Waals surface area contributed by atoms with Gasteiger partial charge in [-0.1, -0.05) is 37.8 Å². The maximum atomic E-state index is 6.35. The van der Waals surface area contributed by atoms with Gasteiger partial charge in [-0.05, 0) is 18.1 Å². The maximum absolute atomic E-state index is 6.35. The SMILES string of the molecule is CCCCC[C@@H](c1ccncc1Cl)N1CCNCC1.Cl.Cl. The Morgan fingerprint density at radius 1 is 1.29 bits per heavy atom. The second-order valence-electron chi connectivity index (χ2n) is 5.19. The Bertz CT molecular complexity index is 384. The molecule has 0 amide bonds. The van der Waals surface area contributed by atoms with Gasteiger partial charge in [0.1, 0.15) is 0 Å². The molecule has 0 aromatic carbocycles. The quantitative estimate of drug-likeness (QED) is 0.779. The molecule has 0 bridgehead atoms. The normalized spacial score (nSPS) is 16.7. The predicted octanol–water partition coefficient (Wildman–Crippen LogP) is 4.11. The highest BCUT2D eigenvalue weighted by atomic mass is 35.5. The van der Waals surface area contributed by atoms with Crippen LogP contribution in [0.1, 0.15) is 44.2 Å². The topological polar surface area (TPSA) is 28.2 Å². The lowest BCUT2D eigenvalue weighted by Gasteiger charge is -2.35. The van der Waals surface area contributed by atoms with Gasteiger partial charge in [0.15, 0.2) is 0 Å². The van der Waals surface area contributed by atoms with Crippen molar-refractivity contribution in [2.75, 3.05) is 26.2 Å². The van der Waals surface area contributed by atoms with E-state index in [0.29, 0.717) is 6.04 Å². The number of nitrogens with one attached hydrogen (secondary N) is 1. The van der Waals surface area contributed by atoms with E-state index < -0.39 is 0 Å². The molecule has 6 heteroatoms. The molecule has 1 N–H and O–H groups in total. The van der Waals surface area contributed by atoms with E-state index in [2.05, 4.69) is 28.2 Å². The summed E-state index contributed by atoms with van der Waals surface area (Å²) in [4.78, 5) is 6.67. The fraction of sp³-hybridized carbons (Fsp3) is 0.667. The molecule has 0 radical (unpaired) electrons. The van der Waals surface area contributed by atoms with Crippen molar-refractivity contribution in [2.24, 2.45) is 0 Å². The van der Waals surface area contributed by atoms with E-state index in [1.807, 2.05) is 6.20 Å². The van der Waals surface area contributed by atoms with Gasteiger partial charge in [0, 0.05) is 44.6 Å². The van der Waals surface area contributed by atoms with Crippen LogP contribution in [0.25, 0.3) is 0 Å². The number of pyridine rings is 1. The van der Waals surface area contributed by atoms with Gasteiger partial charge in [-0.3, -0.25) is 9.88 Å². The Morgan fingerprint density at radius 3 is 2.62 bits per heavy atom. The Kier molecular flexibility index (Phi) is 11.5. The first kappa shape index (κ1) is 20.9. The molecule has 3 nitrogen and oxygen atoms in total. The van der Waals surface area contributed by atoms with E-state index in [1.165, 1.54) is 31.2 Å². The molecule has 2 rings (SSSR count). The third-order valence-electron chi connectivity index (χ3n) is 3.84. The van der Waals surface area contributed by atoms with Crippen LogP contribution in [0.5, 0.6) is 0 Å². The van der Waals surface area contributed by atoms with Crippen LogP contribution < -0.4 is 5.32 Å². The van der Waals surface area contributed by atoms with Gasteiger partial charge < -0.3 is 5.32 Å². The third-order valence-corrected chi connectivity index (χ3v) is 4.15. The number of hydrogen-bond donors (Lipinski definition) is 1. The number of aromatic nitrogens is 1.